The molecule has 5 heteroatoms. The molecule has 0 saturated heterocycles. The van der Waals surface area contributed by atoms with E-state index in [9.17, 15) is 4.79 Å². The highest BCUT2D eigenvalue weighted by atomic mass is 16.5. The summed E-state index contributed by atoms with van der Waals surface area (Å²) < 4.78 is 16.5. The molecule has 0 bridgehead atoms. The van der Waals surface area contributed by atoms with Gasteiger partial charge in [0.1, 0.15) is 0 Å². The fourth-order valence-corrected chi connectivity index (χ4v) is 4.65. The van der Waals surface area contributed by atoms with Crippen molar-refractivity contribution < 1.29 is 19.0 Å². The van der Waals surface area contributed by atoms with Crippen LogP contribution in [-0.4, -0.2) is 32.1 Å². The summed E-state index contributed by atoms with van der Waals surface area (Å²) in [5, 5.41) is 0. The smallest absolute Gasteiger partial charge is 0.258 e. The molecule has 0 aliphatic carbocycles. The van der Waals surface area contributed by atoms with Crippen molar-refractivity contribution in [2.75, 3.05) is 21.3 Å². The number of hydrogen-bond donors (Lipinski definition) is 0. The van der Waals surface area contributed by atoms with Gasteiger partial charge in [0.15, 0.2) is 11.5 Å². The molecule has 0 fully saturated rings. The first kappa shape index (κ1) is 24.9. The average Bonchev–Trinajstić information content (AvgIpc) is 3.27. The number of methoxy groups -OCH3 is 3. The first-order valence-electron chi connectivity index (χ1n) is 12.4. The number of benzene rings is 4. The molecule has 4 aromatic rings. The van der Waals surface area contributed by atoms with Crippen molar-refractivity contribution in [1.82, 2.24) is 4.90 Å². The zero-order valence-electron chi connectivity index (χ0n) is 21.7. The number of carbonyl (C=O) groups is 1. The molecule has 0 unspecified atom stereocenters. The maximum Gasteiger partial charge on any atom is 0.258 e. The number of carbonyl (C=O) groups excluding carboxylic acids is 1. The van der Waals surface area contributed by atoms with Crippen LogP contribution in [-0.2, 0) is 11.3 Å². The van der Waals surface area contributed by atoms with Crippen LogP contribution in [0.1, 0.15) is 16.7 Å². The third-order valence-corrected chi connectivity index (χ3v) is 6.56. The van der Waals surface area contributed by atoms with E-state index >= 15 is 0 Å². The van der Waals surface area contributed by atoms with Crippen LogP contribution >= 0.6 is 0 Å². The zero-order chi connectivity index (χ0) is 26.5. The summed E-state index contributed by atoms with van der Waals surface area (Å²) in [5.41, 5.74) is 6.53. The molecular weight excluding hydrogens is 474 g/mol. The van der Waals surface area contributed by atoms with Gasteiger partial charge in [-0.25, -0.2) is 0 Å². The van der Waals surface area contributed by atoms with Gasteiger partial charge in [0.25, 0.3) is 5.91 Å². The Labute approximate surface area is 223 Å². The van der Waals surface area contributed by atoms with Crippen LogP contribution in [0.3, 0.4) is 0 Å². The van der Waals surface area contributed by atoms with E-state index in [4.69, 9.17) is 14.2 Å². The predicted molar refractivity (Wildman–Crippen MR) is 151 cm³/mol. The largest absolute Gasteiger partial charge is 0.493 e. The van der Waals surface area contributed by atoms with Crippen LogP contribution in [0.25, 0.3) is 22.9 Å². The van der Waals surface area contributed by atoms with Gasteiger partial charge in [0, 0.05) is 5.57 Å². The molecule has 0 N–H and O–H groups in total. The summed E-state index contributed by atoms with van der Waals surface area (Å²) in [6.07, 6.45) is 3.81. The first-order valence-corrected chi connectivity index (χ1v) is 12.4. The lowest BCUT2D eigenvalue weighted by molar-refractivity contribution is -0.123. The number of rotatable bonds is 8. The van der Waals surface area contributed by atoms with E-state index in [2.05, 4.69) is 36.4 Å². The molecule has 4 aromatic carbocycles. The second-order valence-electron chi connectivity index (χ2n) is 8.91. The molecule has 0 aromatic heterocycles. The third kappa shape index (κ3) is 5.04. The molecule has 0 radical (unpaired) electrons. The molecule has 0 saturated carbocycles. The lowest BCUT2D eigenvalue weighted by Crippen LogP contribution is -2.25. The molecule has 0 atom stereocenters. The van der Waals surface area contributed by atoms with Crippen LogP contribution in [0.15, 0.2) is 109 Å². The Morgan fingerprint density at radius 3 is 1.82 bits per heavy atom. The van der Waals surface area contributed by atoms with E-state index in [1.54, 1.807) is 21.3 Å². The normalized spacial score (nSPS) is 14.0. The van der Waals surface area contributed by atoms with E-state index in [0.29, 0.717) is 29.4 Å². The monoisotopic (exact) mass is 503 g/mol. The maximum absolute atomic E-state index is 13.7. The minimum absolute atomic E-state index is 0.0651. The number of nitrogens with zero attached hydrogens (tertiary/aromatic N) is 1. The van der Waals surface area contributed by atoms with Crippen molar-refractivity contribution in [1.29, 1.82) is 0 Å². The SMILES string of the molecule is COc1cc(/C=C2\C=C(c3ccc(-c4ccccc4)cc3)N(Cc3ccccc3)C2=O)cc(OC)c1OC. The first-order chi connectivity index (χ1) is 18.6. The molecule has 5 nitrogen and oxygen atoms in total. The second-order valence-corrected chi connectivity index (χ2v) is 8.91. The Kier molecular flexibility index (Phi) is 7.27. The Morgan fingerprint density at radius 1 is 0.684 bits per heavy atom. The molecule has 38 heavy (non-hydrogen) atoms. The van der Waals surface area contributed by atoms with Gasteiger partial charge in [-0.2, -0.15) is 0 Å². The van der Waals surface area contributed by atoms with Crippen molar-refractivity contribution in [3.63, 3.8) is 0 Å². The highest BCUT2D eigenvalue weighted by Gasteiger charge is 2.29. The summed E-state index contributed by atoms with van der Waals surface area (Å²) in [6, 6.07) is 32.3. The summed E-state index contributed by atoms with van der Waals surface area (Å²) in [5.74, 6) is 1.51. The lowest BCUT2D eigenvalue weighted by atomic mass is 10.0. The molecular formula is C33H29NO4. The highest BCUT2D eigenvalue weighted by Crippen LogP contribution is 2.40. The van der Waals surface area contributed by atoms with Crippen molar-refractivity contribution in [2.24, 2.45) is 0 Å². The molecule has 1 amide bonds. The van der Waals surface area contributed by atoms with Crippen LogP contribution in [0, 0.1) is 0 Å². The Morgan fingerprint density at radius 2 is 1.24 bits per heavy atom. The summed E-state index contributed by atoms with van der Waals surface area (Å²) in [7, 11) is 4.72. The minimum Gasteiger partial charge on any atom is -0.493 e. The molecule has 1 aliphatic rings. The Hall–Kier alpha value is -4.77. The zero-order valence-corrected chi connectivity index (χ0v) is 21.7. The number of hydrogen-bond acceptors (Lipinski definition) is 4. The average molecular weight is 504 g/mol. The minimum atomic E-state index is -0.0651. The lowest BCUT2D eigenvalue weighted by Gasteiger charge is -2.21. The van der Waals surface area contributed by atoms with Gasteiger partial charge in [-0.1, -0.05) is 84.9 Å². The second kappa shape index (κ2) is 11.1. The summed E-state index contributed by atoms with van der Waals surface area (Å²) >= 11 is 0. The van der Waals surface area contributed by atoms with E-state index in [0.717, 1.165) is 33.5 Å². The maximum atomic E-state index is 13.7. The Balaban J connectivity index is 1.55. The van der Waals surface area contributed by atoms with E-state index in [1.807, 2.05) is 77.7 Å². The Bertz CT molecular complexity index is 1460. The fourth-order valence-electron chi connectivity index (χ4n) is 4.65. The number of ether oxygens (including phenoxy) is 3. The van der Waals surface area contributed by atoms with Gasteiger partial charge in [0.2, 0.25) is 5.75 Å². The molecule has 5 rings (SSSR count). The molecule has 1 aliphatic heterocycles. The van der Waals surface area contributed by atoms with Crippen LogP contribution in [0.2, 0.25) is 0 Å². The quantitative estimate of drug-likeness (QED) is 0.247. The van der Waals surface area contributed by atoms with Crippen LogP contribution < -0.4 is 14.2 Å². The van der Waals surface area contributed by atoms with Gasteiger partial charge in [0.05, 0.1) is 33.6 Å². The van der Waals surface area contributed by atoms with Crippen LogP contribution in [0.5, 0.6) is 17.2 Å². The van der Waals surface area contributed by atoms with E-state index < -0.39 is 0 Å². The number of amides is 1. The third-order valence-electron chi connectivity index (χ3n) is 6.56. The van der Waals surface area contributed by atoms with Gasteiger partial charge < -0.3 is 19.1 Å². The predicted octanol–water partition coefficient (Wildman–Crippen LogP) is 6.85. The summed E-state index contributed by atoms with van der Waals surface area (Å²) in [4.78, 5) is 15.6. The fraction of sp³-hybridized carbons (Fsp3) is 0.121. The highest BCUT2D eigenvalue weighted by molar-refractivity contribution is 6.10. The standard InChI is InChI=1S/C33H29NO4/c1-36-30-19-24(20-31(37-2)32(30)38-3)18-28-21-29(34(33(28)35)22-23-10-6-4-7-11-23)27-16-14-26(15-17-27)25-12-8-5-9-13-25/h4-21H,22H2,1-3H3/b28-18+. The van der Waals surface area contributed by atoms with Crippen molar-refractivity contribution in [2.45, 2.75) is 6.54 Å². The van der Waals surface area contributed by atoms with Crippen molar-refractivity contribution in [3.05, 3.63) is 125 Å². The van der Waals surface area contributed by atoms with Gasteiger partial charge in [-0.15, -0.1) is 0 Å². The molecule has 190 valence electrons. The van der Waals surface area contributed by atoms with Gasteiger partial charge in [-0.3, -0.25) is 4.79 Å². The van der Waals surface area contributed by atoms with Crippen molar-refractivity contribution >= 4 is 17.7 Å². The topological polar surface area (TPSA) is 48.0 Å². The summed E-state index contributed by atoms with van der Waals surface area (Å²) in [6.45, 7) is 0.471. The van der Waals surface area contributed by atoms with Gasteiger partial charge in [-0.05, 0) is 52.1 Å². The molecule has 1 heterocycles. The van der Waals surface area contributed by atoms with E-state index in [1.165, 1.54) is 0 Å². The molecule has 0 spiro atoms. The van der Waals surface area contributed by atoms with Crippen molar-refractivity contribution in [3.8, 4) is 28.4 Å². The van der Waals surface area contributed by atoms with Gasteiger partial charge >= 0.3 is 0 Å². The van der Waals surface area contributed by atoms with Crippen LogP contribution in [0.4, 0.5) is 0 Å². The van der Waals surface area contributed by atoms with E-state index in [-0.39, 0.29) is 5.91 Å².